The van der Waals surface area contributed by atoms with Gasteiger partial charge in [0.1, 0.15) is 10.7 Å². The molecular weight excluding hydrogens is 318 g/mol. The zero-order valence-corrected chi connectivity index (χ0v) is 15.1. The number of hydrogen-bond acceptors (Lipinski definition) is 4. The third kappa shape index (κ3) is 2.58. The number of likely N-dealkylation sites (N-methyl/N-ethyl adjacent to an activating group) is 1. The van der Waals surface area contributed by atoms with Crippen LogP contribution in [0.1, 0.15) is 28.5 Å². The van der Waals surface area contributed by atoms with E-state index in [0.29, 0.717) is 5.82 Å². The average molecular weight is 339 g/mol. The number of nitrogens with one attached hydrogen (secondary N) is 1. The first kappa shape index (κ1) is 15.5. The zero-order chi connectivity index (χ0) is 16.8. The lowest BCUT2D eigenvalue weighted by atomic mass is 10.0. The van der Waals surface area contributed by atoms with Crippen LogP contribution in [0.5, 0.6) is 0 Å². The van der Waals surface area contributed by atoms with Crippen LogP contribution in [0.4, 0.5) is 0 Å². The monoisotopic (exact) mass is 339 g/mol. The highest BCUT2D eigenvalue weighted by Crippen LogP contribution is 2.33. The lowest BCUT2D eigenvalue weighted by molar-refractivity contribution is 0.272. The molecule has 0 spiro atoms. The summed E-state index contributed by atoms with van der Waals surface area (Å²) in [7, 11) is 0. The normalized spacial score (nSPS) is 15.0. The lowest BCUT2D eigenvalue weighted by Gasteiger charge is -2.24. The second kappa shape index (κ2) is 5.83. The minimum absolute atomic E-state index is 0.00314. The van der Waals surface area contributed by atoms with Gasteiger partial charge in [0.05, 0.1) is 5.39 Å². The van der Waals surface area contributed by atoms with Crippen molar-refractivity contribution in [3.8, 4) is 11.4 Å². The molecule has 0 bridgehead atoms. The summed E-state index contributed by atoms with van der Waals surface area (Å²) < 4.78 is 0. The van der Waals surface area contributed by atoms with Gasteiger partial charge in [-0.25, -0.2) is 4.98 Å². The molecule has 0 saturated heterocycles. The second-order valence-corrected chi connectivity index (χ2v) is 7.68. The van der Waals surface area contributed by atoms with E-state index < -0.39 is 0 Å². The quantitative estimate of drug-likeness (QED) is 0.775. The zero-order valence-electron chi connectivity index (χ0n) is 14.3. The van der Waals surface area contributed by atoms with Crippen LogP contribution in [-0.2, 0) is 13.0 Å². The predicted octanol–water partition coefficient (Wildman–Crippen LogP) is 3.65. The second-order valence-electron chi connectivity index (χ2n) is 6.59. The van der Waals surface area contributed by atoms with Crippen molar-refractivity contribution in [1.29, 1.82) is 0 Å². The SMILES string of the molecule is CCN1CCc2c(sc3nc(-c4cc(C)cc(C)c4)[nH]c(=O)c23)C1. The van der Waals surface area contributed by atoms with Gasteiger partial charge in [-0.15, -0.1) is 11.3 Å². The number of benzene rings is 1. The van der Waals surface area contributed by atoms with E-state index in [-0.39, 0.29) is 5.56 Å². The number of hydrogen-bond donors (Lipinski definition) is 1. The van der Waals surface area contributed by atoms with Crippen LogP contribution in [0.15, 0.2) is 23.0 Å². The summed E-state index contributed by atoms with van der Waals surface area (Å²) in [4.78, 5) is 25.1. The molecule has 4 rings (SSSR count). The van der Waals surface area contributed by atoms with Gasteiger partial charge in [-0.2, -0.15) is 0 Å². The molecule has 4 nitrogen and oxygen atoms in total. The van der Waals surface area contributed by atoms with Crippen molar-refractivity contribution in [3.63, 3.8) is 0 Å². The number of aromatic nitrogens is 2. The highest BCUT2D eigenvalue weighted by Gasteiger charge is 2.23. The number of H-pyrrole nitrogens is 1. The fourth-order valence-corrected chi connectivity index (χ4v) is 4.84. The molecule has 0 atom stereocenters. The van der Waals surface area contributed by atoms with E-state index in [0.717, 1.165) is 41.8 Å². The molecule has 3 aromatic rings. The Balaban J connectivity index is 1.88. The smallest absolute Gasteiger partial charge is 0.260 e. The molecule has 0 radical (unpaired) electrons. The largest absolute Gasteiger partial charge is 0.306 e. The predicted molar refractivity (Wildman–Crippen MR) is 99.8 cm³/mol. The summed E-state index contributed by atoms with van der Waals surface area (Å²) >= 11 is 1.68. The number of rotatable bonds is 2. The van der Waals surface area contributed by atoms with E-state index in [1.807, 2.05) is 0 Å². The van der Waals surface area contributed by atoms with Crippen LogP contribution in [0.2, 0.25) is 0 Å². The highest BCUT2D eigenvalue weighted by molar-refractivity contribution is 7.18. The van der Waals surface area contributed by atoms with Gasteiger partial charge in [0.15, 0.2) is 0 Å². The number of fused-ring (bicyclic) bond motifs is 3. The van der Waals surface area contributed by atoms with Crippen molar-refractivity contribution in [2.24, 2.45) is 0 Å². The molecule has 5 heteroatoms. The minimum atomic E-state index is -0.00314. The molecule has 0 unspecified atom stereocenters. The van der Waals surface area contributed by atoms with Gasteiger partial charge in [-0.3, -0.25) is 9.69 Å². The molecule has 0 aliphatic carbocycles. The van der Waals surface area contributed by atoms with Gasteiger partial charge in [0.25, 0.3) is 5.56 Å². The molecule has 124 valence electrons. The number of nitrogens with zero attached hydrogens (tertiary/aromatic N) is 2. The number of aryl methyl sites for hydroxylation is 2. The number of aromatic amines is 1. The summed E-state index contributed by atoms with van der Waals surface area (Å²) in [5, 5.41) is 0.805. The molecule has 0 amide bonds. The van der Waals surface area contributed by atoms with Crippen LogP contribution in [-0.4, -0.2) is 28.0 Å². The highest BCUT2D eigenvalue weighted by atomic mass is 32.1. The Morgan fingerprint density at radius 1 is 1.25 bits per heavy atom. The maximum absolute atomic E-state index is 12.7. The third-order valence-electron chi connectivity index (χ3n) is 4.73. The lowest BCUT2D eigenvalue weighted by Crippen LogP contribution is -2.29. The van der Waals surface area contributed by atoms with Crippen LogP contribution >= 0.6 is 11.3 Å². The molecular formula is C19H21N3OS. The Labute approximate surface area is 145 Å². The van der Waals surface area contributed by atoms with Crippen LogP contribution < -0.4 is 5.56 Å². The van der Waals surface area contributed by atoms with Crippen LogP contribution in [0.25, 0.3) is 21.6 Å². The van der Waals surface area contributed by atoms with Gasteiger partial charge >= 0.3 is 0 Å². The Kier molecular flexibility index (Phi) is 3.77. The fraction of sp³-hybridized carbons (Fsp3) is 0.368. The van der Waals surface area contributed by atoms with Gasteiger partial charge in [-0.05, 0) is 44.5 Å². The molecule has 1 N–H and O–H groups in total. The molecule has 1 aromatic carbocycles. The van der Waals surface area contributed by atoms with E-state index >= 15 is 0 Å². The van der Waals surface area contributed by atoms with Gasteiger partial charge < -0.3 is 4.98 Å². The van der Waals surface area contributed by atoms with E-state index in [2.05, 4.69) is 48.9 Å². The van der Waals surface area contributed by atoms with E-state index in [1.165, 1.54) is 21.6 Å². The van der Waals surface area contributed by atoms with Crippen LogP contribution in [0, 0.1) is 13.8 Å². The van der Waals surface area contributed by atoms with Crippen molar-refractivity contribution >= 4 is 21.6 Å². The van der Waals surface area contributed by atoms with Crippen molar-refractivity contribution < 1.29 is 0 Å². The Morgan fingerprint density at radius 2 is 2.00 bits per heavy atom. The van der Waals surface area contributed by atoms with Gasteiger partial charge in [0.2, 0.25) is 0 Å². The third-order valence-corrected chi connectivity index (χ3v) is 5.84. The van der Waals surface area contributed by atoms with Crippen molar-refractivity contribution in [3.05, 3.63) is 50.1 Å². The van der Waals surface area contributed by atoms with E-state index in [9.17, 15) is 4.79 Å². The maximum Gasteiger partial charge on any atom is 0.260 e. The fourth-order valence-electron chi connectivity index (χ4n) is 3.57. The van der Waals surface area contributed by atoms with Crippen molar-refractivity contribution in [2.45, 2.75) is 33.7 Å². The molecule has 24 heavy (non-hydrogen) atoms. The first-order valence-corrected chi connectivity index (χ1v) is 9.22. The summed E-state index contributed by atoms with van der Waals surface area (Å²) in [5.41, 5.74) is 4.54. The maximum atomic E-state index is 12.7. The minimum Gasteiger partial charge on any atom is -0.306 e. The first-order chi connectivity index (χ1) is 11.5. The topological polar surface area (TPSA) is 49.0 Å². The Bertz CT molecular complexity index is 966. The van der Waals surface area contributed by atoms with E-state index in [4.69, 9.17) is 4.98 Å². The Morgan fingerprint density at radius 3 is 2.71 bits per heavy atom. The average Bonchev–Trinajstić information content (AvgIpc) is 2.91. The van der Waals surface area contributed by atoms with E-state index in [1.54, 1.807) is 11.3 Å². The van der Waals surface area contributed by atoms with Gasteiger partial charge in [0, 0.05) is 23.5 Å². The van der Waals surface area contributed by atoms with Crippen molar-refractivity contribution in [2.75, 3.05) is 13.1 Å². The molecule has 0 saturated carbocycles. The summed E-state index contributed by atoms with van der Waals surface area (Å²) in [6, 6.07) is 6.27. The van der Waals surface area contributed by atoms with Gasteiger partial charge in [-0.1, -0.05) is 24.1 Å². The molecule has 1 aliphatic rings. The van der Waals surface area contributed by atoms with Crippen molar-refractivity contribution in [1.82, 2.24) is 14.9 Å². The standard InChI is InChI=1S/C19H21N3OS/c1-4-22-6-5-14-15(10-22)24-19-16(14)18(23)20-17(21-19)13-8-11(2)7-12(3)9-13/h7-9H,4-6,10H2,1-3H3,(H,20,21,23). The summed E-state index contributed by atoms with van der Waals surface area (Å²) in [5.74, 6) is 0.672. The molecule has 0 fully saturated rings. The molecule has 1 aliphatic heterocycles. The number of thiophene rings is 1. The molecule has 3 heterocycles. The molecule has 2 aromatic heterocycles. The Hall–Kier alpha value is -1.98. The van der Waals surface area contributed by atoms with Crippen LogP contribution in [0.3, 0.4) is 0 Å². The first-order valence-electron chi connectivity index (χ1n) is 8.40. The summed E-state index contributed by atoms with van der Waals surface area (Å²) in [6.07, 6.45) is 0.941. The summed E-state index contributed by atoms with van der Waals surface area (Å²) in [6.45, 7) is 9.32.